The van der Waals surface area contributed by atoms with Crippen molar-refractivity contribution in [1.29, 1.82) is 0 Å². The molecule has 9 heteroatoms. The second-order valence-electron chi connectivity index (χ2n) is 5.41. The maximum Gasteiger partial charge on any atom is 0.222 e. The SMILES string of the molecule is CCCC[C@@H](CNS(C)(=O)=O)Nc1nc(N)nc2cccnc12. The number of nitrogens with one attached hydrogen (secondary N) is 2. The Labute approximate surface area is 136 Å². The van der Waals surface area contributed by atoms with Crippen molar-refractivity contribution in [1.82, 2.24) is 19.7 Å². The van der Waals surface area contributed by atoms with Gasteiger partial charge in [0.15, 0.2) is 5.82 Å². The number of fused-ring (bicyclic) bond motifs is 1. The first kappa shape index (κ1) is 17.4. The van der Waals surface area contributed by atoms with Crippen LogP contribution in [0.5, 0.6) is 0 Å². The van der Waals surface area contributed by atoms with E-state index in [2.05, 4.69) is 31.9 Å². The standard InChI is InChI=1S/C14H22N6O2S/c1-3-4-6-10(9-17-23(2,21)22)18-13-12-11(7-5-8-16-12)19-14(15)20-13/h5,7-8,10,17H,3-4,6,9H2,1-2H3,(H3,15,18,19,20)/t10-/m0/s1. The fourth-order valence-corrected chi connectivity index (χ4v) is 2.71. The van der Waals surface area contributed by atoms with Gasteiger partial charge in [-0.2, -0.15) is 4.98 Å². The maximum atomic E-state index is 11.3. The van der Waals surface area contributed by atoms with Crippen LogP contribution in [-0.2, 0) is 10.0 Å². The van der Waals surface area contributed by atoms with Gasteiger partial charge in [-0.05, 0) is 18.6 Å². The van der Waals surface area contributed by atoms with Crippen LogP contribution in [0.25, 0.3) is 11.0 Å². The smallest absolute Gasteiger partial charge is 0.222 e. The first-order valence-electron chi connectivity index (χ1n) is 7.48. The summed E-state index contributed by atoms with van der Waals surface area (Å²) < 4.78 is 25.2. The molecule has 2 heterocycles. The average molecular weight is 338 g/mol. The molecule has 2 rings (SSSR count). The van der Waals surface area contributed by atoms with Gasteiger partial charge in [0.1, 0.15) is 5.52 Å². The molecule has 4 N–H and O–H groups in total. The van der Waals surface area contributed by atoms with Crippen molar-refractivity contribution in [2.24, 2.45) is 0 Å². The summed E-state index contributed by atoms with van der Waals surface area (Å²) in [4.78, 5) is 12.6. The van der Waals surface area contributed by atoms with E-state index in [0.717, 1.165) is 25.5 Å². The van der Waals surface area contributed by atoms with Crippen molar-refractivity contribution in [3.8, 4) is 0 Å². The third kappa shape index (κ3) is 5.29. The van der Waals surface area contributed by atoms with E-state index < -0.39 is 10.0 Å². The minimum Gasteiger partial charge on any atom is -0.368 e. The molecule has 2 aromatic heterocycles. The predicted molar refractivity (Wildman–Crippen MR) is 91.5 cm³/mol. The molecular formula is C14H22N6O2S. The number of nitrogens with two attached hydrogens (primary N) is 1. The molecule has 8 nitrogen and oxygen atoms in total. The highest BCUT2D eigenvalue weighted by atomic mass is 32.2. The van der Waals surface area contributed by atoms with Crippen molar-refractivity contribution in [2.45, 2.75) is 32.2 Å². The Kier molecular flexibility index (Phi) is 5.67. The zero-order valence-electron chi connectivity index (χ0n) is 13.3. The van der Waals surface area contributed by atoms with Gasteiger partial charge in [-0.15, -0.1) is 0 Å². The summed E-state index contributed by atoms with van der Waals surface area (Å²) in [6.45, 7) is 2.36. The highest BCUT2D eigenvalue weighted by Gasteiger charge is 2.15. The molecule has 0 saturated heterocycles. The number of hydrogen-bond acceptors (Lipinski definition) is 7. The van der Waals surface area contributed by atoms with E-state index in [0.29, 0.717) is 16.9 Å². The van der Waals surface area contributed by atoms with Crippen molar-refractivity contribution in [3.05, 3.63) is 18.3 Å². The van der Waals surface area contributed by atoms with Crippen molar-refractivity contribution in [2.75, 3.05) is 23.9 Å². The van der Waals surface area contributed by atoms with E-state index in [1.54, 1.807) is 18.3 Å². The van der Waals surface area contributed by atoms with Gasteiger partial charge in [-0.1, -0.05) is 19.8 Å². The Bertz CT molecular complexity index is 765. The quantitative estimate of drug-likeness (QED) is 0.659. The minimum atomic E-state index is -3.25. The van der Waals surface area contributed by atoms with E-state index >= 15 is 0 Å². The average Bonchev–Trinajstić information content (AvgIpc) is 2.49. The molecule has 126 valence electrons. The number of rotatable bonds is 8. The van der Waals surface area contributed by atoms with Crippen LogP contribution in [0.1, 0.15) is 26.2 Å². The molecule has 0 saturated carbocycles. The maximum absolute atomic E-state index is 11.3. The predicted octanol–water partition coefficient (Wildman–Crippen LogP) is 1.13. The van der Waals surface area contributed by atoms with Crippen LogP contribution in [0, 0.1) is 0 Å². The van der Waals surface area contributed by atoms with Gasteiger partial charge in [0.25, 0.3) is 0 Å². The number of nitrogen functional groups attached to an aromatic ring is 1. The van der Waals surface area contributed by atoms with E-state index in [4.69, 9.17) is 5.73 Å². The van der Waals surface area contributed by atoms with Gasteiger partial charge in [-0.3, -0.25) is 4.98 Å². The molecular weight excluding hydrogens is 316 g/mol. The lowest BCUT2D eigenvalue weighted by Crippen LogP contribution is -2.36. The normalized spacial score (nSPS) is 13.1. The highest BCUT2D eigenvalue weighted by Crippen LogP contribution is 2.20. The van der Waals surface area contributed by atoms with Gasteiger partial charge in [0.05, 0.1) is 11.8 Å². The van der Waals surface area contributed by atoms with E-state index in [9.17, 15) is 8.42 Å². The molecule has 0 aliphatic carbocycles. The van der Waals surface area contributed by atoms with Gasteiger partial charge >= 0.3 is 0 Å². The number of hydrogen-bond donors (Lipinski definition) is 3. The fraction of sp³-hybridized carbons (Fsp3) is 0.500. The van der Waals surface area contributed by atoms with Crippen molar-refractivity contribution in [3.63, 3.8) is 0 Å². The monoisotopic (exact) mass is 338 g/mol. The molecule has 0 amide bonds. The molecule has 23 heavy (non-hydrogen) atoms. The number of sulfonamides is 1. The number of pyridine rings is 1. The second kappa shape index (κ2) is 7.51. The lowest BCUT2D eigenvalue weighted by molar-refractivity contribution is 0.561. The van der Waals surface area contributed by atoms with Crippen LogP contribution in [0.2, 0.25) is 0 Å². The lowest BCUT2D eigenvalue weighted by Gasteiger charge is -2.20. The van der Waals surface area contributed by atoms with Crippen LogP contribution in [0.15, 0.2) is 18.3 Å². The molecule has 1 atom stereocenters. The topological polar surface area (TPSA) is 123 Å². The molecule has 0 fully saturated rings. The molecule has 0 aliphatic rings. The largest absolute Gasteiger partial charge is 0.368 e. The van der Waals surface area contributed by atoms with Crippen LogP contribution < -0.4 is 15.8 Å². The molecule has 0 aliphatic heterocycles. The Morgan fingerprint density at radius 3 is 2.83 bits per heavy atom. The number of nitrogens with zero attached hydrogens (tertiary/aromatic N) is 3. The Balaban J connectivity index is 2.24. The summed E-state index contributed by atoms with van der Waals surface area (Å²) in [6.07, 6.45) is 5.58. The molecule has 0 unspecified atom stereocenters. The summed E-state index contributed by atoms with van der Waals surface area (Å²) in [6, 6.07) is 3.48. The zero-order chi connectivity index (χ0) is 16.9. The van der Waals surface area contributed by atoms with Gasteiger partial charge in [0.2, 0.25) is 16.0 Å². The summed E-state index contributed by atoms with van der Waals surface area (Å²) in [7, 11) is -3.25. The van der Waals surface area contributed by atoms with E-state index in [1.165, 1.54) is 0 Å². The number of anilines is 2. The van der Waals surface area contributed by atoms with Gasteiger partial charge in [-0.25, -0.2) is 18.1 Å². The van der Waals surface area contributed by atoms with E-state index in [-0.39, 0.29) is 18.5 Å². The molecule has 0 radical (unpaired) electrons. The Hall–Kier alpha value is -2.00. The molecule has 2 aromatic rings. The van der Waals surface area contributed by atoms with Crippen LogP contribution in [0.4, 0.5) is 11.8 Å². The zero-order valence-corrected chi connectivity index (χ0v) is 14.1. The van der Waals surface area contributed by atoms with Crippen LogP contribution in [-0.4, -0.2) is 42.2 Å². The lowest BCUT2D eigenvalue weighted by atomic mass is 10.1. The van der Waals surface area contributed by atoms with Crippen molar-refractivity contribution >= 4 is 32.8 Å². The highest BCUT2D eigenvalue weighted by molar-refractivity contribution is 7.88. The van der Waals surface area contributed by atoms with Crippen molar-refractivity contribution < 1.29 is 8.42 Å². The summed E-state index contributed by atoms with van der Waals surface area (Å²) in [5, 5.41) is 3.25. The van der Waals surface area contributed by atoms with E-state index in [1.807, 2.05) is 0 Å². The minimum absolute atomic E-state index is 0.107. The van der Waals surface area contributed by atoms with Crippen LogP contribution in [0.3, 0.4) is 0 Å². The summed E-state index contributed by atoms with van der Waals surface area (Å²) in [5.74, 6) is 0.669. The third-order valence-corrected chi connectivity index (χ3v) is 4.00. The first-order valence-corrected chi connectivity index (χ1v) is 9.37. The third-order valence-electron chi connectivity index (χ3n) is 3.31. The number of aromatic nitrogens is 3. The summed E-state index contributed by atoms with van der Waals surface area (Å²) >= 11 is 0. The Morgan fingerprint density at radius 2 is 2.13 bits per heavy atom. The van der Waals surface area contributed by atoms with Gasteiger partial charge in [0, 0.05) is 18.8 Å². The van der Waals surface area contributed by atoms with Gasteiger partial charge < -0.3 is 11.1 Å². The second-order valence-corrected chi connectivity index (χ2v) is 7.24. The Morgan fingerprint density at radius 1 is 1.35 bits per heavy atom. The summed E-state index contributed by atoms with van der Waals surface area (Å²) in [5.41, 5.74) is 7.00. The first-order chi connectivity index (χ1) is 10.9. The molecule has 0 spiro atoms. The number of unbranched alkanes of at least 4 members (excludes halogenated alkanes) is 1. The molecule has 0 bridgehead atoms. The van der Waals surface area contributed by atoms with Crippen LogP contribution >= 0.6 is 0 Å². The fourth-order valence-electron chi connectivity index (χ4n) is 2.21. The molecule has 0 aromatic carbocycles.